The fourth-order valence-corrected chi connectivity index (χ4v) is 7.74. The zero-order valence-electron chi connectivity index (χ0n) is 42.0. The van der Waals surface area contributed by atoms with Gasteiger partial charge in [0, 0.05) is 12.8 Å². The molecule has 0 aromatic carbocycles. The van der Waals surface area contributed by atoms with Gasteiger partial charge in [0.15, 0.2) is 6.10 Å². The number of rotatable bonds is 47. The van der Waals surface area contributed by atoms with Crippen molar-refractivity contribution in [3.05, 3.63) is 60.8 Å². The largest absolute Gasteiger partial charge is 0.472 e. The summed E-state index contributed by atoms with van der Waals surface area (Å²) in [6.07, 6.45) is 57.2. The van der Waals surface area contributed by atoms with Crippen molar-refractivity contribution in [2.75, 3.05) is 47.5 Å². The SMILES string of the molecule is CC/C=C\C/C=C\C/C=C\C/C=C\CCCCC(=O)OC(COC(=O)CCCCCCCCCCCCCCC/C=C\CCCCCCCCCC)COP(=O)(O)OCC[N+](C)(C)C. The molecule has 0 aromatic rings. The number of unbranched alkanes of at least 4 members (excludes halogenated alkanes) is 23. The van der Waals surface area contributed by atoms with Crippen molar-refractivity contribution in [1.82, 2.24) is 0 Å². The van der Waals surface area contributed by atoms with E-state index in [-0.39, 0.29) is 32.0 Å². The summed E-state index contributed by atoms with van der Waals surface area (Å²) in [5.74, 6) is -0.845. The number of nitrogens with zero attached hydrogens (tertiary/aromatic N) is 1. The second kappa shape index (κ2) is 45.8. The number of quaternary nitrogens is 1. The summed E-state index contributed by atoms with van der Waals surface area (Å²) < 4.78 is 34.4. The molecule has 0 bridgehead atoms. The maximum absolute atomic E-state index is 12.7. The number of esters is 2. The second-order valence-corrected chi connectivity index (χ2v) is 20.0. The highest BCUT2D eigenvalue weighted by Gasteiger charge is 2.27. The van der Waals surface area contributed by atoms with Crippen LogP contribution in [0.25, 0.3) is 0 Å². The van der Waals surface area contributed by atoms with Crippen LogP contribution in [0.4, 0.5) is 0 Å². The lowest BCUT2D eigenvalue weighted by molar-refractivity contribution is -0.870. The third-order valence-corrected chi connectivity index (χ3v) is 12.0. The molecule has 9 nitrogen and oxygen atoms in total. The Balaban J connectivity index is 4.20. The van der Waals surface area contributed by atoms with E-state index in [2.05, 4.69) is 74.6 Å². The van der Waals surface area contributed by atoms with E-state index >= 15 is 0 Å². The molecule has 1 N–H and O–H groups in total. The van der Waals surface area contributed by atoms with Gasteiger partial charge in [0.25, 0.3) is 0 Å². The minimum atomic E-state index is -4.39. The third kappa shape index (κ3) is 49.2. The molecule has 0 heterocycles. The molecule has 0 radical (unpaired) electrons. The van der Waals surface area contributed by atoms with Gasteiger partial charge in [-0.1, -0.05) is 190 Å². The first-order valence-corrected chi connectivity index (χ1v) is 27.5. The zero-order chi connectivity index (χ0) is 47.1. The van der Waals surface area contributed by atoms with Gasteiger partial charge < -0.3 is 18.9 Å². The predicted octanol–water partition coefficient (Wildman–Crippen LogP) is 15.6. The first-order valence-electron chi connectivity index (χ1n) is 26.0. The molecule has 2 unspecified atom stereocenters. The molecule has 0 saturated carbocycles. The van der Waals surface area contributed by atoms with E-state index in [4.69, 9.17) is 18.5 Å². The van der Waals surface area contributed by atoms with Gasteiger partial charge >= 0.3 is 19.8 Å². The highest BCUT2D eigenvalue weighted by Crippen LogP contribution is 2.43. The van der Waals surface area contributed by atoms with E-state index in [0.29, 0.717) is 17.4 Å². The lowest BCUT2D eigenvalue weighted by Crippen LogP contribution is -2.37. The monoisotopic (exact) mass is 921 g/mol. The maximum Gasteiger partial charge on any atom is 0.472 e. The van der Waals surface area contributed by atoms with Gasteiger partial charge in [0.05, 0.1) is 27.7 Å². The van der Waals surface area contributed by atoms with Gasteiger partial charge in [-0.3, -0.25) is 18.6 Å². The minimum absolute atomic E-state index is 0.0219. The Morgan fingerprint density at radius 1 is 0.500 bits per heavy atom. The van der Waals surface area contributed by atoms with Crippen molar-refractivity contribution in [3.63, 3.8) is 0 Å². The number of hydrogen-bond donors (Lipinski definition) is 1. The maximum atomic E-state index is 12.7. The molecule has 64 heavy (non-hydrogen) atoms. The molecule has 0 aliphatic rings. The smallest absolute Gasteiger partial charge is 0.462 e. The molecule has 372 valence electrons. The van der Waals surface area contributed by atoms with Crippen molar-refractivity contribution in [3.8, 4) is 0 Å². The number of likely N-dealkylation sites (N-methyl/N-ethyl adjacent to an activating group) is 1. The summed E-state index contributed by atoms with van der Waals surface area (Å²) in [6, 6.07) is 0. The van der Waals surface area contributed by atoms with Gasteiger partial charge in [-0.05, 0) is 77.0 Å². The number of phosphoric ester groups is 1. The van der Waals surface area contributed by atoms with Crippen LogP contribution in [-0.4, -0.2) is 74.9 Å². The standard InChI is InChI=1S/C54H98NO8P/c1-6-8-10-12-14-16-18-20-22-23-24-25-26-27-28-29-30-31-33-34-36-38-40-42-44-46-53(56)60-50-52(51-62-64(58,59)61-49-48-55(3,4)5)63-54(57)47-45-43-41-39-37-35-32-21-19-17-15-13-11-9-7-2/h9,11,15,17,21,23-24,32,37,39,52H,6-8,10,12-14,16,18-20,22,25-31,33-36,38,40-51H2,1-5H3/p+1/b11-9-,17-15-,24-23-,32-21-,39-37-. The molecule has 0 spiro atoms. The van der Waals surface area contributed by atoms with E-state index < -0.39 is 26.5 Å². The van der Waals surface area contributed by atoms with Crippen molar-refractivity contribution in [2.45, 2.75) is 225 Å². The van der Waals surface area contributed by atoms with Crippen LogP contribution in [0.2, 0.25) is 0 Å². The molecular formula is C54H99NO8P+. The van der Waals surface area contributed by atoms with E-state index in [1.165, 1.54) is 128 Å². The van der Waals surface area contributed by atoms with Crippen LogP contribution < -0.4 is 0 Å². The Bertz CT molecular complexity index is 1270. The van der Waals surface area contributed by atoms with Crippen LogP contribution in [0.1, 0.15) is 219 Å². The minimum Gasteiger partial charge on any atom is -0.462 e. The van der Waals surface area contributed by atoms with Gasteiger partial charge in [0.1, 0.15) is 19.8 Å². The molecule has 0 aliphatic heterocycles. The third-order valence-electron chi connectivity index (χ3n) is 11.0. The number of carbonyl (C=O) groups is 2. The van der Waals surface area contributed by atoms with Crippen LogP contribution in [0, 0.1) is 0 Å². The summed E-state index contributed by atoms with van der Waals surface area (Å²) in [5, 5.41) is 0. The summed E-state index contributed by atoms with van der Waals surface area (Å²) >= 11 is 0. The average Bonchev–Trinajstić information content (AvgIpc) is 3.25. The quantitative estimate of drug-likeness (QED) is 0.0211. The first kappa shape index (κ1) is 61.7. The van der Waals surface area contributed by atoms with E-state index in [1.54, 1.807) is 0 Å². The molecule has 0 fully saturated rings. The van der Waals surface area contributed by atoms with Crippen molar-refractivity contribution in [1.29, 1.82) is 0 Å². The molecule has 0 rings (SSSR count). The summed E-state index contributed by atoms with van der Waals surface area (Å²) in [4.78, 5) is 35.5. The van der Waals surface area contributed by atoms with E-state index in [0.717, 1.165) is 57.8 Å². The highest BCUT2D eigenvalue weighted by molar-refractivity contribution is 7.47. The van der Waals surface area contributed by atoms with Crippen LogP contribution in [0.5, 0.6) is 0 Å². The van der Waals surface area contributed by atoms with Crippen LogP contribution in [0.3, 0.4) is 0 Å². The predicted molar refractivity (Wildman–Crippen MR) is 270 cm³/mol. The number of carbonyl (C=O) groups excluding carboxylic acids is 2. The number of allylic oxidation sites excluding steroid dienone is 10. The van der Waals surface area contributed by atoms with Gasteiger partial charge in [-0.2, -0.15) is 0 Å². The highest BCUT2D eigenvalue weighted by atomic mass is 31.2. The second-order valence-electron chi connectivity index (χ2n) is 18.5. The summed E-state index contributed by atoms with van der Waals surface area (Å²) in [6.45, 7) is 4.27. The number of phosphoric acid groups is 1. The lowest BCUT2D eigenvalue weighted by atomic mass is 10.0. The molecular weight excluding hydrogens is 822 g/mol. The Kier molecular flexibility index (Phi) is 44.2. The lowest BCUT2D eigenvalue weighted by Gasteiger charge is -2.24. The topological polar surface area (TPSA) is 108 Å². The van der Waals surface area contributed by atoms with Crippen molar-refractivity contribution < 1.29 is 42.1 Å². The van der Waals surface area contributed by atoms with Gasteiger partial charge in [-0.25, -0.2) is 4.57 Å². The molecule has 0 saturated heterocycles. The molecule has 0 aromatic heterocycles. The van der Waals surface area contributed by atoms with Crippen LogP contribution >= 0.6 is 7.82 Å². The normalized spacial score (nSPS) is 13.9. The number of hydrogen-bond acceptors (Lipinski definition) is 7. The Morgan fingerprint density at radius 3 is 1.38 bits per heavy atom. The molecule has 10 heteroatoms. The van der Waals surface area contributed by atoms with Gasteiger partial charge in [0.2, 0.25) is 0 Å². The first-order chi connectivity index (χ1) is 31.0. The molecule has 0 amide bonds. The molecule has 2 atom stereocenters. The average molecular weight is 921 g/mol. The Labute approximate surface area is 394 Å². The Morgan fingerprint density at radius 2 is 0.891 bits per heavy atom. The van der Waals surface area contributed by atoms with Gasteiger partial charge in [-0.15, -0.1) is 0 Å². The van der Waals surface area contributed by atoms with Crippen LogP contribution in [-0.2, 0) is 32.7 Å². The zero-order valence-corrected chi connectivity index (χ0v) is 42.9. The van der Waals surface area contributed by atoms with Crippen LogP contribution in [0.15, 0.2) is 60.8 Å². The van der Waals surface area contributed by atoms with Crippen molar-refractivity contribution >= 4 is 19.8 Å². The summed E-state index contributed by atoms with van der Waals surface area (Å²) in [7, 11) is 1.45. The van der Waals surface area contributed by atoms with E-state index in [9.17, 15) is 19.0 Å². The van der Waals surface area contributed by atoms with E-state index in [1.807, 2.05) is 21.1 Å². The van der Waals surface area contributed by atoms with Crippen molar-refractivity contribution in [2.24, 2.45) is 0 Å². The fourth-order valence-electron chi connectivity index (χ4n) is 7.00. The Hall–Kier alpha value is -2.29. The number of ether oxygens (including phenoxy) is 2. The molecule has 0 aliphatic carbocycles. The fraction of sp³-hybridized carbons (Fsp3) is 0.778. The summed E-state index contributed by atoms with van der Waals surface area (Å²) in [5.41, 5.74) is 0.